The summed E-state index contributed by atoms with van der Waals surface area (Å²) in [6, 6.07) is 4.85. The number of pyridine rings is 1. The number of nitrogens with two attached hydrogens (primary N) is 1. The van der Waals surface area contributed by atoms with Gasteiger partial charge in [0.15, 0.2) is 0 Å². The van der Waals surface area contributed by atoms with E-state index >= 15 is 0 Å². The lowest BCUT2D eigenvalue weighted by molar-refractivity contribution is 0.185. The molecule has 0 aliphatic carbocycles. The molecule has 2 rings (SSSR count). The standard InChI is InChI=1S/C14H23N3/c1-2-10-17-11-4-3-5-13(15)14(17)12-6-8-16-9-7-12/h6-9,13-14H,2-5,10-11,15H2,1H3. The molecule has 1 aromatic rings. The predicted molar refractivity (Wildman–Crippen MR) is 70.7 cm³/mol. The van der Waals surface area contributed by atoms with Gasteiger partial charge in [0.1, 0.15) is 0 Å². The lowest BCUT2D eigenvalue weighted by atomic mass is 9.97. The van der Waals surface area contributed by atoms with E-state index in [1.54, 1.807) is 0 Å². The highest BCUT2D eigenvalue weighted by Crippen LogP contribution is 2.29. The van der Waals surface area contributed by atoms with E-state index in [-0.39, 0.29) is 6.04 Å². The highest BCUT2D eigenvalue weighted by atomic mass is 15.2. The highest BCUT2D eigenvalue weighted by Gasteiger charge is 2.27. The van der Waals surface area contributed by atoms with Gasteiger partial charge in [0.2, 0.25) is 0 Å². The van der Waals surface area contributed by atoms with Crippen molar-refractivity contribution in [2.75, 3.05) is 13.1 Å². The van der Waals surface area contributed by atoms with E-state index < -0.39 is 0 Å². The van der Waals surface area contributed by atoms with Gasteiger partial charge in [0.25, 0.3) is 0 Å². The predicted octanol–water partition coefficient (Wildman–Crippen LogP) is 2.35. The molecule has 0 aromatic carbocycles. The zero-order valence-corrected chi connectivity index (χ0v) is 10.7. The summed E-state index contributed by atoms with van der Waals surface area (Å²) in [5, 5.41) is 0. The maximum absolute atomic E-state index is 6.37. The molecule has 1 fully saturated rings. The second-order valence-corrected chi connectivity index (χ2v) is 4.92. The summed E-state index contributed by atoms with van der Waals surface area (Å²) in [7, 11) is 0. The Bertz CT molecular complexity index is 325. The molecule has 2 heterocycles. The molecular weight excluding hydrogens is 210 g/mol. The van der Waals surface area contributed by atoms with Crippen LogP contribution >= 0.6 is 0 Å². The van der Waals surface area contributed by atoms with Crippen molar-refractivity contribution >= 4 is 0 Å². The Labute approximate surface area is 104 Å². The van der Waals surface area contributed by atoms with Crippen LogP contribution in [0.5, 0.6) is 0 Å². The maximum atomic E-state index is 6.37. The van der Waals surface area contributed by atoms with Gasteiger partial charge in [0, 0.05) is 24.5 Å². The molecule has 1 aromatic heterocycles. The molecular formula is C14H23N3. The third-order valence-corrected chi connectivity index (χ3v) is 3.59. The average molecular weight is 233 g/mol. The number of hydrogen-bond acceptors (Lipinski definition) is 3. The summed E-state index contributed by atoms with van der Waals surface area (Å²) in [5.74, 6) is 0. The van der Waals surface area contributed by atoms with Crippen molar-refractivity contribution in [3.05, 3.63) is 30.1 Å². The summed E-state index contributed by atoms with van der Waals surface area (Å²) < 4.78 is 0. The molecule has 0 radical (unpaired) electrons. The summed E-state index contributed by atoms with van der Waals surface area (Å²) in [5.41, 5.74) is 7.69. The van der Waals surface area contributed by atoms with Gasteiger partial charge >= 0.3 is 0 Å². The SMILES string of the molecule is CCCN1CCCCC(N)C1c1ccncc1. The van der Waals surface area contributed by atoms with E-state index in [4.69, 9.17) is 5.73 Å². The van der Waals surface area contributed by atoms with E-state index in [1.807, 2.05) is 12.4 Å². The summed E-state index contributed by atoms with van der Waals surface area (Å²) in [6.45, 7) is 4.55. The minimum absolute atomic E-state index is 0.256. The number of aromatic nitrogens is 1. The molecule has 3 nitrogen and oxygen atoms in total. The number of rotatable bonds is 3. The van der Waals surface area contributed by atoms with E-state index in [2.05, 4.69) is 28.9 Å². The fourth-order valence-electron chi connectivity index (χ4n) is 2.82. The zero-order chi connectivity index (χ0) is 12.1. The van der Waals surface area contributed by atoms with Gasteiger partial charge in [-0.3, -0.25) is 9.88 Å². The van der Waals surface area contributed by atoms with Gasteiger partial charge in [0.05, 0.1) is 0 Å². The second-order valence-electron chi connectivity index (χ2n) is 4.92. The summed E-state index contributed by atoms with van der Waals surface area (Å²) in [4.78, 5) is 6.65. The maximum Gasteiger partial charge on any atom is 0.0500 e. The quantitative estimate of drug-likeness (QED) is 0.871. The Hall–Kier alpha value is -0.930. The van der Waals surface area contributed by atoms with E-state index in [0.717, 1.165) is 13.0 Å². The van der Waals surface area contributed by atoms with Gasteiger partial charge in [-0.25, -0.2) is 0 Å². The smallest absolute Gasteiger partial charge is 0.0500 e. The first-order chi connectivity index (χ1) is 8.33. The normalized spacial score (nSPS) is 26.7. The third kappa shape index (κ3) is 3.05. The second kappa shape index (κ2) is 6.12. The van der Waals surface area contributed by atoms with E-state index in [9.17, 15) is 0 Å². The Morgan fingerprint density at radius 1 is 1.35 bits per heavy atom. The molecule has 2 unspecified atom stereocenters. The van der Waals surface area contributed by atoms with Crippen LogP contribution in [0.3, 0.4) is 0 Å². The fraction of sp³-hybridized carbons (Fsp3) is 0.643. The lowest BCUT2D eigenvalue weighted by Gasteiger charge is -2.33. The lowest BCUT2D eigenvalue weighted by Crippen LogP contribution is -2.40. The first kappa shape index (κ1) is 12.5. The minimum atomic E-state index is 0.256. The molecule has 2 N–H and O–H groups in total. The largest absolute Gasteiger partial charge is 0.326 e. The number of likely N-dealkylation sites (tertiary alicyclic amines) is 1. The molecule has 1 aliphatic heterocycles. The summed E-state index contributed by atoms with van der Waals surface area (Å²) >= 11 is 0. The van der Waals surface area contributed by atoms with Crippen LogP contribution in [0.2, 0.25) is 0 Å². The van der Waals surface area contributed by atoms with Crippen molar-refractivity contribution in [1.82, 2.24) is 9.88 Å². The number of hydrogen-bond donors (Lipinski definition) is 1. The first-order valence-corrected chi connectivity index (χ1v) is 6.72. The molecule has 0 amide bonds. The van der Waals surface area contributed by atoms with Crippen molar-refractivity contribution < 1.29 is 0 Å². The molecule has 0 bridgehead atoms. The monoisotopic (exact) mass is 233 g/mol. The van der Waals surface area contributed by atoms with Crippen LogP contribution in [0.15, 0.2) is 24.5 Å². The van der Waals surface area contributed by atoms with Crippen LogP contribution in [-0.4, -0.2) is 29.0 Å². The Morgan fingerprint density at radius 2 is 2.12 bits per heavy atom. The van der Waals surface area contributed by atoms with Crippen molar-refractivity contribution in [3.63, 3.8) is 0 Å². The van der Waals surface area contributed by atoms with Crippen LogP contribution in [0.4, 0.5) is 0 Å². The van der Waals surface area contributed by atoms with Gasteiger partial charge in [-0.15, -0.1) is 0 Å². The average Bonchev–Trinajstić information content (AvgIpc) is 2.53. The van der Waals surface area contributed by atoms with Crippen LogP contribution < -0.4 is 5.73 Å². The molecule has 94 valence electrons. The van der Waals surface area contributed by atoms with Gasteiger partial charge in [-0.1, -0.05) is 13.3 Å². The highest BCUT2D eigenvalue weighted by molar-refractivity contribution is 5.17. The van der Waals surface area contributed by atoms with Crippen molar-refractivity contribution in [1.29, 1.82) is 0 Å². The fourth-order valence-corrected chi connectivity index (χ4v) is 2.82. The van der Waals surface area contributed by atoms with E-state index in [1.165, 1.54) is 31.4 Å². The van der Waals surface area contributed by atoms with Crippen molar-refractivity contribution in [2.24, 2.45) is 5.73 Å². The molecule has 3 heteroatoms. The Morgan fingerprint density at radius 3 is 2.82 bits per heavy atom. The van der Waals surface area contributed by atoms with Crippen molar-refractivity contribution in [3.8, 4) is 0 Å². The molecule has 0 spiro atoms. The van der Waals surface area contributed by atoms with Crippen LogP contribution in [0, 0.1) is 0 Å². The van der Waals surface area contributed by atoms with Gasteiger partial charge in [-0.2, -0.15) is 0 Å². The van der Waals surface area contributed by atoms with Gasteiger partial charge in [-0.05, 0) is 50.0 Å². The molecule has 17 heavy (non-hydrogen) atoms. The first-order valence-electron chi connectivity index (χ1n) is 6.72. The van der Waals surface area contributed by atoms with Crippen LogP contribution in [-0.2, 0) is 0 Å². The van der Waals surface area contributed by atoms with Crippen LogP contribution in [0.1, 0.15) is 44.2 Å². The van der Waals surface area contributed by atoms with Gasteiger partial charge < -0.3 is 5.73 Å². The summed E-state index contributed by atoms with van der Waals surface area (Å²) in [6.07, 6.45) is 8.59. The Kier molecular flexibility index (Phi) is 4.51. The van der Waals surface area contributed by atoms with Crippen molar-refractivity contribution in [2.45, 2.75) is 44.7 Å². The topological polar surface area (TPSA) is 42.1 Å². The number of nitrogens with zero attached hydrogens (tertiary/aromatic N) is 2. The molecule has 1 saturated heterocycles. The Balaban J connectivity index is 2.23. The molecule has 2 atom stereocenters. The molecule has 0 saturated carbocycles. The van der Waals surface area contributed by atoms with Crippen LogP contribution in [0.25, 0.3) is 0 Å². The molecule has 1 aliphatic rings. The van der Waals surface area contributed by atoms with E-state index in [0.29, 0.717) is 6.04 Å². The minimum Gasteiger partial charge on any atom is -0.326 e. The third-order valence-electron chi connectivity index (χ3n) is 3.59. The zero-order valence-electron chi connectivity index (χ0n) is 10.7.